The normalized spacial score (nSPS) is 12.5. The van der Waals surface area contributed by atoms with Gasteiger partial charge < -0.3 is 5.32 Å². The molecule has 0 aromatic heterocycles. The monoisotopic (exact) mass is 355 g/mol. The van der Waals surface area contributed by atoms with Crippen LogP contribution in [0.2, 0.25) is 5.02 Å². The molecule has 1 atom stereocenters. The van der Waals surface area contributed by atoms with E-state index in [1.165, 1.54) is 6.07 Å². The van der Waals surface area contributed by atoms with Gasteiger partial charge in [0.25, 0.3) is 0 Å². The van der Waals surface area contributed by atoms with Crippen LogP contribution in [0.1, 0.15) is 28.3 Å². The number of benzene rings is 2. The predicted octanol–water partition coefficient (Wildman–Crippen LogP) is 5.17. The fourth-order valence-corrected chi connectivity index (χ4v) is 2.77. The molecule has 0 aliphatic heterocycles. The molecular formula is C16H16BrClFN. The van der Waals surface area contributed by atoms with Gasteiger partial charge >= 0.3 is 0 Å². The number of halogens is 3. The third-order valence-corrected chi connectivity index (χ3v) is 4.84. The maximum atomic E-state index is 14.1. The molecule has 1 N–H and O–H groups in total. The minimum absolute atomic E-state index is 0.197. The lowest BCUT2D eigenvalue weighted by atomic mass is 9.95. The van der Waals surface area contributed by atoms with E-state index in [0.717, 1.165) is 21.2 Å². The molecule has 0 aliphatic carbocycles. The van der Waals surface area contributed by atoms with Gasteiger partial charge in [-0.15, -0.1) is 0 Å². The molecule has 4 heteroatoms. The molecule has 0 heterocycles. The average molecular weight is 357 g/mol. The molecule has 0 amide bonds. The summed E-state index contributed by atoms with van der Waals surface area (Å²) in [5, 5.41) is 3.58. The van der Waals surface area contributed by atoms with Gasteiger partial charge in [0.15, 0.2) is 0 Å². The fourth-order valence-electron chi connectivity index (χ4n) is 2.38. The van der Waals surface area contributed by atoms with E-state index in [9.17, 15) is 4.39 Å². The number of hydrogen-bond acceptors (Lipinski definition) is 1. The summed E-state index contributed by atoms with van der Waals surface area (Å²) in [7, 11) is 1.82. The Morgan fingerprint density at radius 1 is 1.15 bits per heavy atom. The van der Waals surface area contributed by atoms with Gasteiger partial charge in [0, 0.05) is 15.1 Å². The Hall–Kier alpha value is -0.900. The lowest BCUT2D eigenvalue weighted by molar-refractivity contribution is 0.576. The molecule has 0 aliphatic rings. The van der Waals surface area contributed by atoms with Crippen LogP contribution in [0.5, 0.6) is 0 Å². The molecule has 106 valence electrons. The topological polar surface area (TPSA) is 12.0 Å². The van der Waals surface area contributed by atoms with Gasteiger partial charge in [-0.1, -0.05) is 45.7 Å². The van der Waals surface area contributed by atoms with Crippen LogP contribution in [0.4, 0.5) is 4.39 Å². The molecule has 2 aromatic rings. The van der Waals surface area contributed by atoms with Gasteiger partial charge in [0.05, 0.1) is 6.04 Å². The van der Waals surface area contributed by atoms with Gasteiger partial charge in [-0.2, -0.15) is 0 Å². The Bertz CT molecular complexity index is 619. The zero-order valence-corrected chi connectivity index (χ0v) is 13.9. The van der Waals surface area contributed by atoms with E-state index in [-0.39, 0.29) is 11.9 Å². The molecule has 1 unspecified atom stereocenters. The van der Waals surface area contributed by atoms with Crippen molar-refractivity contribution in [3.05, 3.63) is 67.9 Å². The van der Waals surface area contributed by atoms with Crippen LogP contribution in [0.3, 0.4) is 0 Å². The molecule has 20 heavy (non-hydrogen) atoms. The first-order valence-electron chi connectivity index (χ1n) is 6.33. The van der Waals surface area contributed by atoms with Gasteiger partial charge in [0.2, 0.25) is 0 Å². The summed E-state index contributed by atoms with van der Waals surface area (Å²) in [6, 6.07) is 8.71. The summed E-state index contributed by atoms with van der Waals surface area (Å²) in [5.41, 5.74) is 3.90. The van der Waals surface area contributed by atoms with E-state index in [0.29, 0.717) is 10.6 Å². The molecule has 0 spiro atoms. The van der Waals surface area contributed by atoms with Crippen molar-refractivity contribution >= 4 is 27.5 Å². The van der Waals surface area contributed by atoms with E-state index in [1.54, 1.807) is 12.1 Å². The smallest absolute Gasteiger partial charge is 0.129 e. The van der Waals surface area contributed by atoms with Crippen LogP contribution < -0.4 is 5.32 Å². The van der Waals surface area contributed by atoms with Gasteiger partial charge in [-0.3, -0.25) is 0 Å². The highest BCUT2D eigenvalue weighted by Gasteiger charge is 2.17. The second-order valence-corrected chi connectivity index (χ2v) is 6.09. The second kappa shape index (κ2) is 6.25. The van der Waals surface area contributed by atoms with Crippen molar-refractivity contribution in [1.29, 1.82) is 0 Å². The lowest BCUT2D eigenvalue weighted by Crippen LogP contribution is -2.19. The summed E-state index contributed by atoms with van der Waals surface area (Å²) in [6.45, 7) is 4.07. The van der Waals surface area contributed by atoms with Crippen molar-refractivity contribution in [1.82, 2.24) is 5.32 Å². The first-order chi connectivity index (χ1) is 9.43. The molecule has 0 saturated carbocycles. The van der Waals surface area contributed by atoms with E-state index in [1.807, 2.05) is 20.9 Å². The minimum Gasteiger partial charge on any atom is -0.309 e. The van der Waals surface area contributed by atoms with Crippen molar-refractivity contribution in [2.45, 2.75) is 19.9 Å². The van der Waals surface area contributed by atoms with Crippen LogP contribution in [0, 0.1) is 19.7 Å². The Balaban J connectivity index is 2.52. The average Bonchev–Trinajstić information content (AvgIpc) is 2.39. The molecule has 0 saturated heterocycles. The van der Waals surface area contributed by atoms with Gasteiger partial charge in [-0.25, -0.2) is 4.39 Å². The number of aryl methyl sites for hydroxylation is 2. The van der Waals surface area contributed by atoms with Gasteiger partial charge in [0.1, 0.15) is 5.82 Å². The molecule has 0 radical (unpaired) electrons. The van der Waals surface area contributed by atoms with Crippen molar-refractivity contribution in [3.8, 4) is 0 Å². The fraction of sp³-hybridized carbons (Fsp3) is 0.250. The first-order valence-corrected chi connectivity index (χ1v) is 7.50. The standard InChI is InChI=1S/C16H16BrClFN/c1-9-6-11(7-10(2)15(9)17)16(20-3)13-5-4-12(18)8-14(13)19/h4-8,16,20H,1-3H3. The highest BCUT2D eigenvalue weighted by molar-refractivity contribution is 9.10. The van der Waals surface area contributed by atoms with E-state index >= 15 is 0 Å². The summed E-state index contributed by atoms with van der Waals surface area (Å²) < 4.78 is 15.2. The summed E-state index contributed by atoms with van der Waals surface area (Å²) >= 11 is 9.37. The third-order valence-electron chi connectivity index (χ3n) is 3.35. The Morgan fingerprint density at radius 3 is 2.25 bits per heavy atom. The zero-order chi connectivity index (χ0) is 14.9. The second-order valence-electron chi connectivity index (χ2n) is 4.86. The molecule has 2 rings (SSSR count). The van der Waals surface area contributed by atoms with E-state index in [2.05, 4.69) is 33.4 Å². The summed E-state index contributed by atoms with van der Waals surface area (Å²) in [5.74, 6) is -0.296. The number of hydrogen-bond donors (Lipinski definition) is 1. The van der Waals surface area contributed by atoms with Crippen molar-refractivity contribution in [3.63, 3.8) is 0 Å². The van der Waals surface area contributed by atoms with Gasteiger partial charge in [-0.05, 0) is 49.7 Å². The van der Waals surface area contributed by atoms with Crippen LogP contribution in [0.25, 0.3) is 0 Å². The maximum Gasteiger partial charge on any atom is 0.129 e. The predicted molar refractivity (Wildman–Crippen MR) is 85.9 cm³/mol. The molecular weight excluding hydrogens is 341 g/mol. The zero-order valence-electron chi connectivity index (χ0n) is 11.6. The number of nitrogens with one attached hydrogen (secondary N) is 1. The minimum atomic E-state index is -0.296. The number of rotatable bonds is 3. The molecule has 2 aromatic carbocycles. The SMILES string of the molecule is CNC(c1cc(C)c(Br)c(C)c1)c1ccc(Cl)cc1F. The van der Waals surface area contributed by atoms with Crippen LogP contribution in [-0.4, -0.2) is 7.05 Å². The lowest BCUT2D eigenvalue weighted by Gasteiger charge is -2.20. The largest absolute Gasteiger partial charge is 0.309 e. The molecule has 0 bridgehead atoms. The Kier molecular flexibility index (Phi) is 4.84. The van der Waals surface area contributed by atoms with Crippen LogP contribution in [0.15, 0.2) is 34.8 Å². The highest BCUT2D eigenvalue weighted by Crippen LogP contribution is 2.30. The van der Waals surface area contributed by atoms with Crippen LogP contribution in [-0.2, 0) is 0 Å². The quantitative estimate of drug-likeness (QED) is 0.800. The van der Waals surface area contributed by atoms with Crippen LogP contribution >= 0.6 is 27.5 Å². The summed E-state index contributed by atoms with van der Waals surface area (Å²) in [4.78, 5) is 0. The third kappa shape index (κ3) is 3.05. The van der Waals surface area contributed by atoms with E-state index < -0.39 is 0 Å². The maximum absolute atomic E-state index is 14.1. The van der Waals surface area contributed by atoms with Crippen molar-refractivity contribution in [2.75, 3.05) is 7.05 Å². The summed E-state index contributed by atoms with van der Waals surface area (Å²) in [6.07, 6.45) is 0. The molecule has 1 nitrogen and oxygen atoms in total. The van der Waals surface area contributed by atoms with Crippen molar-refractivity contribution < 1.29 is 4.39 Å². The first kappa shape index (κ1) is 15.5. The Labute approximate surface area is 132 Å². The molecule has 0 fully saturated rings. The van der Waals surface area contributed by atoms with E-state index in [4.69, 9.17) is 11.6 Å². The highest BCUT2D eigenvalue weighted by atomic mass is 79.9. The van der Waals surface area contributed by atoms with Crippen molar-refractivity contribution in [2.24, 2.45) is 0 Å². The Morgan fingerprint density at radius 2 is 1.75 bits per heavy atom.